The Kier molecular flexibility index (Phi) is 17.6. The largest absolute Gasteiger partial charge is 3.00 e. The number of carbonyl (C=O) groups excluding carboxylic acids is 5. The molecular weight excluding hydrogens is 941 g/mol. The predicted molar refractivity (Wildman–Crippen MR) is 181 cm³/mol. The van der Waals surface area contributed by atoms with Gasteiger partial charge in [0, 0.05) is 40.6 Å². The fourth-order valence-electron chi connectivity index (χ4n) is 4.64. The normalized spacial score (nSPS) is 17.0. The van der Waals surface area contributed by atoms with Crippen LogP contribution in [0.5, 0.6) is 0 Å². The van der Waals surface area contributed by atoms with Gasteiger partial charge >= 0.3 is 32.2 Å². The van der Waals surface area contributed by atoms with E-state index in [-0.39, 0.29) is 62.3 Å². The number of aliphatic carboxylic acids is 2. The molecule has 0 fully saturated rings. The smallest absolute Gasteiger partial charge is 0.547 e. The Labute approximate surface area is 335 Å². The number of dihydropyridines is 2. The number of aromatic carboxylic acids is 1. The summed E-state index contributed by atoms with van der Waals surface area (Å²) in [7, 11) is 0. The summed E-state index contributed by atoms with van der Waals surface area (Å²) in [5.74, 6) is -8.36. The van der Waals surface area contributed by atoms with Gasteiger partial charge in [-0.25, -0.2) is 27.2 Å². The van der Waals surface area contributed by atoms with Gasteiger partial charge in [0.2, 0.25) is 0 Å². The molecule has 2 aliphatic rings. The Morgan fingerprint density at radius 3 is 1.65 bits per heavy atom. The zero-order valence-electron chi connectivity index (χ0n) is 29.5. The number of rotatable bonds is 11. The van der Waals surface area contributed by atoms with E-state index >= 15 is 0 Å². The maximum absolute atomic E-state index is 13.6. The van der Waals surface area contributed by atoms with Crippen LogP contribution in [0.15, 0.2) is 116 Å². The molecule has 0 saturated heterocycles. The number of esters is 1. The summed E-state index contributed by atoms with van der Waals surface area (Å²) in [5.41, 5.74) is -3.39. The molecule has 2 aromatic carbocycles. The number of aromatic nitrogens is 1. The molecule has 1 amide bonds. The summed E-state index contributed by atoms with van der Waals surface area (Å²) < 4.78 is 62.4. The predicted octanol–water partition coefficient (Wildman–Crippen LogP) is 0.954. The number of halogens is 4. The third-order valence-electron chi connectivity index (χ3n) is 7.44. The summed E-state index contributed by atoms with van der Waals surface area (Å²) in [6, 6.07) is 8.13. The van der Waals surface area contributed by atoms with E-state index in [4.69, 9.17) is 9.47 Å². The van der Waals surface area contributed by atoms with Crippen LogP contribution in [0.4, 0.5) is 22.4 Å². The third-order valence-corrected chi connectivity index (χ3v) is 7.44. The van der Waals surface area contributed by atoms with Crippen LogP contribution in [-0.4, -0.2) is 48.1 Å². The zero-order valence-corrected chi connectivity index (χ0v) is 31.9. The summed E-state index contributed by atoms with van der Waals surface area (Å²) >= 11 is 0. The Balaban J connectivity index is 0.000000296. The molecule has 5 rings (SSSR count). The second kappa shape index (κ2) is 21.5. The topological polar surface area (TPSA) is 222 Å². The first-order chi connectivity index (χ1) is 26.5. The van der Waals surface area contributed by atoms with Crippen LogP contribution in [0.25, 0.3) is 0 Å². The van der Waals surface area contributed by atoms with Crippen molar-refractivity contribution in [1.82, 2.24) is 20.9 Å². The summed E-state index contributed by atoms with van der Waals surface area (Å²) in [4.78, 5) is 58.9. The Morgan fingerprint density at radius 2 is 1.28 bits per heavy atom. The van der Waals surface area contributed by atoms with Gasteiger partial charge in [-0.15, -0.1) is 0 Å². The van der Waals surface area contributed by atoms with E-state index in [9.17, 15) is 56.9 Å². The number of pyridine rings is 1. The molecular formula is C38H31F4IrN4O10. The number of hydrogen-bond donors (Lipinski definition) is 3. The van der Waals surface area contributed by atoms with Gasteiger partial charge in [-0.05, 0) is 61.8 Å². The van der Waals surface area contributed by atoms with Crippen molar-refractivity contribution in [2.24, 2.45) is 0 Å². The van der Waals surface area contributed by atoms with E-state index < -0.39 is 64.3 Å². The second-order valence-electron chi connectivity index (χ2n) is 11.4. The van der Waals surface area contributed by atoms with Crippen LogP contribution in [0.3, 0.4) is 0 Å². The molecule has 3 aromatic rings. The van der Waals surface area contributed by atoms with Crippen LogP contribution in [0.1, 0.15) is 34.1 Å². The molecule has 0 saturated carbocycles. The number of allylic oxidation sites excluding steroid dienone is 4. The van der Waals surface area contributed by atoms with E-state index in [0.29, 0.717) is 17.7 Å². The minimum Gasteiger partial charge on any atom is -0.547 e. The minimum atomic E-state index is -1.80. The van der Waals surface area contributed by atoms with Crippen LogP contribution in [0, 0.1) is 23.3 Å². The van der Waals surface area contributed by atoms with Gasteiger partial charge in [-0.2, -0.15) is 0 Å². The first kappa shape index (κ1) is 46.6. The van der Waals surface area contributed by atoms with E-state index in [0.717, 1.165) is 24.3 Å². The van der Waals surface area contributed by atoms with Crippen molar-refractivity contribution < 1.29 is 86.4 Å². The molecule has 3 N–H and O–H groups in total. The number of benzene rings is 2. The Bertz CT molecular complexity index is 2000. The molecule has 2 unspecified atom stereocenters. The van der Waals surface area contributed by atoms with Gasteiger partial charge in [-0.1, -0.05) is 36.9 Å². The number of amides is 1. The number of carboxylic acids is 3. The number of alkyl carbamates (subject to hydrolysis) is 1. The molecule has 19 heteroatoms. The number of hydrogen-bond acceptors (Lipinski definition) is 13. The molecule has 57 heavy (non-hydrogen) atoms. The van der Waals surface area contributed by atoms with Crippen molar-refractivity contribution in [1.29, 1.82) is 0 Å². The first-order valence-corrected chi connectivity index (χ1v) is 16.0. The maximum atomic E-state index is 13.6. The minimum absolute atomic E-state index is 0. The molecule has 300 valence electrons. The van der Waals surface area contributed by atoms with Crippen molar-refractivity contribution in [2.45, 2.75) is 24.6 Å². The van der Waals surface area contributed by atoms with Crippen LogP contribution in [-0.2, 0) is 61.6 Å². The van der Waals surface area contributed by atoms with Crippen LogP contribution < -0.4 is 31.3 Å². The van der Waals surface area contributed by atoms with Crippen LogP contribution >= 0.6 is 0 Å². The maximum Gasteiger partial charge on any atom is 3.00 e. The Hall–Kier alpha value is -6.59. The van der Waals surface area contributed by atoms with E-state index in [1.807, 2.05) is 0 Å². The average molecular weight is 972 g/mol. The summed E-state index contributed by atoms with van der Waals surface area (Å²) in [5, 5.41) is 40.3. The molecule has 0 bridgehead atoms. The van der Waals surface area contributed by atoms with Gasteiger partial charge in [0.05, 0.1) is 30.1 Å². The van der Waals surface area contributed by atoms with Crippen molar-refractivity contribution >= 4 is 30.0 Å². The van der Waals surface area contributed by atoms with Gasteiger partial charge in [0.15, 0.2) is 0 Å². The van der Waals surface area contributed by atoms with E-state index in [1.165, 1.54) is 62.0 Å². The van der Waals surface area contributed by atoms with Crippen molar-refractivity contribution in [3.8, 4) is 0 Å². The number of nitrogens with zero attached hydrogens (tertiary/aromatic N) is 1. The molecule has 2 atom stereocenters. The molecule has 0 spiro atoms. The quantitative estimate of drug-likeness (QED) is 0.106. The molecule has 3 heterocycles. The SMILES string of the molecule is C=C(C)C(=O)OCCNC(=O)OCc1ccc(C(=O)[O-])nc1.O=C([O-])C1(c2ccc(F)cc2F)C=CC=CN1.O=C([O-])C1(c2ccc(F)cc2F)C=CC=CN1.[Ir+3]. The fraction of sp³-hybridized carbons (Fsp3) is 0.158. The van der Waals surface area contributed by atoms with Crippen molar-refractivity contribution in [2.75, 3.05) is 13.2 Å². The molecule has 0 radical (unpaired) electrons. The van der Waals surface area contributed by atoms with Crippen molar-refractivity contribution in [3.63, 3.8) is 0 Å². The first-order valence-electron chi connectivity index (χ1n) is 16.0. The number of nitrogens with one attached hydrogen (secondary N) is 3. The summed E-state index contributed by atoms with van der Waals surface area (Å²) in [6.07, 6.45) is 11.8. The fourth-order valence-corrected chi connectivity index (χ4v) is 4.64. The number of carboxylic acid groups (broad SMARTS) is 3. The van der Waals surface area contributed by atoms with Gasteiger partial charge in [-0.3, -0.25) is 4.98 Å². The molecule has 1 aromatic heterocycles. The summed E-state index contributed by atoms with van der Waals surface area (Å²) in [6.45, 7) is 4.96. The van der Waals surface area contributed by atoms with Crippen LogP contribution in [0.2, 0.25) is 0 Å². The van der Waals surface area contributed by atoms with E-state index in [2.05, 4.69) is 27.5 Å². The van der Waals surface area contributed by atoms with Gasteiger partial charge in [0.25, 0.3) is 0 Å². The third kappa shape index (κ3) is 12.7. The van der Waals surface area contributed by atoms with Gasteiger partial charge < -0.3 is 55.1 Å². The van der Waals surface area contributed by atoms with E-state index in [1.54, 1.807) is 12.2 Å². The van der Waals surface area contributed by atoms with Gasteiger partial charge in [0.1, 0.15) is 47.6 Å². The zero-order chi connectivity index (χ0) is 41.5. The monoisotopic (exact) mass is 972 g/mol. The molecule has 2 aliphatic heterocycles. The Morgan fingerprint density at radius 1 is 0.772 bits per heavy atom. The molecule has 14 nitrogen and oxygen atoms in total. The second-order valence-corrected chi connectivity index (χ2v) is 11.4. The standard InChI is InChI=1S/C14H16N2O6.2C12H9F2NO2.Ir/c1-9(2)13(19)21-6-5-15-14(20)22-8-10-3-4-11(12(17)18)16-7-10;2*13-8-3-4-9(10(14)7-8)12(11(16)17)5-1-2-6-15-12;/h3-4,7H,1,5-6,8H2,2H3,(H,15,20)(H,17,18);2*1-7,15H,(H,16,17);/q;;;+3/p-3. The van der Waals surface area contributed by atoms with Crippen molar-refractivity contribution in [3.05, 3.63) is 161 Å². The number of carbonyl (C=O) groups is 5. The number of ether oxygens (including phenoxy) is 2. The molecule has 0 aliphatic carbocycles. The average Bonchev–Trinajstić information content (AvgIpc) is 3.16.